The molecule has 1 aliphatic heterocycles. The van der Waals surface area contributed by atoms with Gasteiger partial charge in [0.15, 0.2) is 5.82 Å². The highest BCUT2D eigenvalue weighted by Crippen LogP contribution is 2.36. The number of fused-ring (bicyclic) bond motifs is 2. The predicted molar refractivity (Wildman–Crippen MR) is 94.0 cm³/mol. The van der Waals surface area contributed by atoms with Crippen LogP contribution in [0.4, 0.5) is 11.8 Å². The van der Waals surface area contributed by atoms with E-state index in [0.717, 1.165) is 59.1 Å². The van der Waals surface area contributed by atoms with Gasteiger partial charge in [-0.15, -0.1) is 10.2 Å². The first-order valence-corrected chi connectivity index (χ1v) is 8.79. The highest BCUT2D eigenvalue weighted by Gasteiger charge is 2.30. The summed E-state index contributed by atoms with van der Waals surface area (Å²) in [6.07, 6.45) is 3.45. The molecule has 1 N–H and O–H groups in total. The number of aryl methyl sites for hydroxylation is 3. The molecule has 0 spiro atoms. The minimum atomic E-state index is 0.699. The van der Waals surface area contributed by atoms with Gasteiger partial charge >= 0.3 is 0 Å². The number of imidazole rings is 1. The Morgan fingerprint density at radius 3 is 2.72 bits per heavy atom. The molecule has 0 atom stereocenters. The van der Waals surface area contributed by atoms with Crippen molar-refractivity contribution in [1.29, 1.82) is 0 Å². The zero-order chi connectivity index (χ0) is 17.6. The predicted octanol–water partition coefficient (Wildman–Crippen LogP) is 3.27. The molecule has 0 amide bonds. The molecule has 25 heavy (non-hydrogen) atoms. The zero-order valence-corrected chi connectivity index (χ0v) is 15.1. The van der Waals surface area contributed by atoms with E-state index in [0.29, 0.717) is 6.54 Å². The van der Waals surface area contributed by atoms with Crippen molar-refractivity contribution >= 4 is 11.8 Å². The van der Waals surface area contributed by atoms with Gasteiger partial charge in [-0.05, 0) is 27.2 Å². The van der Waals surface area contributed by atoms with Crippen LogP contribution in [0.5, 0.6) is 0 Å². The first-order valence-electron chi connectivity index (χ1n) is 8.79. The molecule has 8 heteroatoms. The normalized spacial score (nSPS) is 13.2. The van der Waals surface area contributed by atoms with Gasteiger partial charge in [-0.2, -0.15) is 0 Å². The van der Waals surface area contributed by atoms with E-state index in [-0.39, 0.29) is 0 Å². The Bertz CT molecular complexity index is 885. The van der Waals surface area contributed by atoms with Crippen molar-refractivity contribution in [2.75, 3.05) is 11.4 Å². The molecule has 0 aliphatic carbocycles. The highest BCUT2D eigenvalue weighted by atomic mass is 16.5. The summed E-state index contributed by atoms with van der Waals surface area (Å²) in [6, 6.07) is 0. The summed E-state index contributed by atoms with van der Waals surface area (Å²) in [5, 5.41) is 12.7. The van der Waals surface area contributed by atoms with Crippen LogP contribution in [0.2, 0.25) is 0 Å². The van der Waals surface area contributed by atoms with E-state index in [1.165, 1.54) is 12.8 Å². The summed E-state index contributed by atoms with van der Waals surface area (Å²) >= 11 is 0. The summed E-state index contributed by atoms with van der Waals surface area (Å²) in [5.74, 6) is 4.30. The molecule has 0 bridgehead atoms. The molecule has 132 valence electrons. The minimum absolute atomic E-state index is 0.699. The molecule has 0 unspecified atom stereocenters. The third kappa shape index (κ3) is 2.52. The van der Waals surface area contributed by atoms with Gasteiger partial charge in [0.05, 0.1) is 23.5 Å². The van der Waals surface area contributed by atoms with Crippen molar-refractivity contribution < 1.29 is 4.52 Å². The van der Waals surface area contributed by atoms with E-state index in [9.17, 15) is 0 Å². The Hall–Kier alpha value is -2.64. The third-order valence-corrected chi connectivity index (χ3v) is 4.74. The van der Waals surface area contributed by atoms with Gasteiger partial charge in [0.2, 0.25) is 5.95 Å². The van der Waals surface area contributed by atoms with Gasteiger partial charge in [-0.25, -0.2) is 4.98 Å². The van der Waals surface area contributed by atoms with Crippen LogP contribution in [-0.2, 0) is 6.54 Å². The Labute approximate surface area is 146 Å². The number of nitrogens with one attached hydrogen (secondary N) is 1. The van der Waals surface area contributed by atoms with Crippen molar-refractivity contribution in [2.24, 2.45) is 0 Å². The van der Waals surface area contributed by atoms with Gasteiger partial charge in [0, 0.05) is 6.54 Å². The number of aromatic nitrogens is 6. The van der Waals surface area contributed by atoms with E-state index in [1.54, 1.807) is 0 Å². The van der Waals surface area contributed by atoms with E-state index in [1.807, 2.05) is 20.8 Å². The Balaban J connectivity index is 1.77. The van der Waals surface area contributed by atoms with Crippen LogP contribution >= 0.6 is 0 Å². The first-order chi connectivity index (χ1) is 12.1. The second-order valence-corrected chi connectivity index (χ2v) is 6.58. The average Bonchev–Trinajstić information content (AvgIpc) is 3.25. The minimum Gasteiger partial charge on any atom is -0.361 e. The van der Waals surface area contributed by atoms with Gasteiger partial charge in [-0.1, -0.05) is 24.9 Å². The van der Waals surface area contributed by atoms with Crippen LogP contribution in [0, 0.1) is 20.8 Å². The lowest BCUT2D eigenvalue weighted by atomic mass is 10.2. The molecular weight excluding hydrogens is 318 g/mol. The van der Waals surface area contributed by atoms with Crippen molar-refractivity contribution in [3.63, 3.8) is 0 Å². The molecule has 4 heterocycles. The van der Waals surface area contributed by atoms with Crippen LogP contribution in [0.15, 0.2) is 4.52 Å². The Morgan fingerprint density at radius 1 is 1.16 bits per heavy atom. The molecule has 0 radical (unpaired) electrons. The lowest BCUT2D eigenvalue weighted by Gasteiger charge is -2.27. The lowest BCUT2D eigenvalue weighted by Crippen LogP contribution is -2.28. The van der Waals surface area contributed by atoms with Gasteiger partial charge in [0.25, 0.3) is 0 Å². The zero-order valence-electron chi connectivity index (χ0n) is 15.1. The van der Waals surface area contributed by atoms with Crippen LogP contribution in [0.1, 0.15) is 49.2 Å². The molecule has 8 nitrogen and oxygen atoms in total. The fraction of sp³-hybridized carbons (Fsp3) is 0.529. The molecule has 3 aromatic rings. The first kappa shape index (κ1) is 15.9. The van der Waals surface area contributed by atoms with Crippen LogP contribution in [0.25, 0.3) is 11.4 Å². The van der Waals surface area contributed by atoms with Crippen molar-refractivity contribution in [1.82, 2.24) is 29.9 Å². The van der Waals surface area contributed by atoms with Crippen LogP contribution in [0.3, 0.4) is 0 Å². The summed E-state index contributed by atoms with van der Waals surface area (Å²) < 4.78 is 7.43. The fourth-order valence-corrected chi connectivity index (χ4v) is 3.41. The number of anilines is 2. The molecule has 1 aliphatic rings. The van der Waals surface area contributed by atoms with Gasteiger partial charge in [-0.3, -0.25) is 9.47 Å². The molecule has 0 aromatic carbocycles. The van der Waals surface area contributed by atoms with E-state index in [2.05, 4.69) is 36.7 Å². The lowest BCUT2D eigenvalue weighted by molar-refractivity contribution is 0.393. The Kier molecular flexibility index (Phi) is 3.82. The van der Waals surface area contributed by atoms with Gasteiger partial charge < -0.3 is 9.51 Å². The monoisotopic (exact) mass is 341 g/mol. The number of nitrogens with zero attached hydrogens (tertiary/aromatic N) is 6. The van der Waals surface area contributed by atoms with E-state index in [4.69, 9.17) is 9.51 Å². The third-order valence-electron chi connectivity index (χ3n) is 4.74. The fourth-order valence-electron chi connectivity index (χ4n) is 3.41. The number of unbranched alkanes of at least 4 members (excludes halogenated alkanes) is 2. The topological polar surface area (TPSA) is 88.7 Å². The molecule has 0 saturated heterocycles. The van der Waals surface area contributed by atoms with E-state index >= 15 is 0 Å². The molecule has 0 saturated carbocycles. The van der Waals surface area contributed by atoms with Gasteiger partial charge in [0.1, 0.15) is 17.4 Å². The molecular formula is C17H23N7O. The number of hydrogen-bond acceptors (Lipinski definition) is 6. The summed E-state index contributed by atoms with van der Waals surface area (Å²) in [7, 11) is 0. The van der Waals surface area contributed by atoms with Crippen molar-refractivity contribution in [3.8, 4) is 11.4 Å². The molecule has 3 aromatic heterocycles. The maximum absolute atomic E-state index is 5.30. The maximum Gasteiger partial charge on any atom is 0.233 e. The molecule has 4 rings (SSSR count). The van der Waals surface area contributed by atoms with Crippen molar-refractivity contribution in [2.45, 2.75) is 53.5 Å². The summed E-state index contributed by atoms with van der Waals surface area (Å²) in [5.41, 5.74) is 2.86. The van der Waals surface area contributed by atoms with Crippen LogP contribution < -0.4 is 4.90 Å². The average molecular weight is 341 g/mol. The largest absolute Gasteiger partial charge is 0.361 e. The van der Waals surface area contributed by atoms with E-state index < -0.39 is 0 Å². The quantitative estimate of drug-likeness (QED) is 0.717. The highest BCUT2D eigenvalue weighted by molar-refractivity contribution is 5.68. The smallest absolute Gasteiger partial charge is 0.233 e. The van der Waals surface area contributed by atoms with Crippen molar-refractivity contribution in [3.05, 3.63) is 23.0 Å². The Morgan fingerprint density at radius 2 is 2.00 bits per heavy atom. The second kappa shape index (κ2) is 6.02. The maximum atomic E-state index is 5.30. The number of H-pyrrole nitrogens is 1. The number of rotatable bonds is 5. The number of aromatic amines is 1. The standard InChI is InChI=1S/C17H23N7O/c1-5-6-7-8-23-16-13(9-24-12(4)20-21-17(23)24)18-15(19-16)14-10(2)22-25-11(14)3/h5-9H2,1-4H3,(H,18,19). The summed E-state index contributed by atoms with van der Waals surface area (Å²) in [4.78, 5) is 10.5. The number of hydrogen-bond donors (Lipinski definition) is 1. The second-order valence-electron chi connectivity index (χ2n) is 6.58. The molecule has 0 fully saturated rings. The SMILES string of the molecule is CCCCCN1c2nc(-c3c(C)noc3C)[nH]c2Cn2c(C)nnc21. The summed E-state index contributed by atoms with van der Waals surface area (Å²) in [6.45, 7) is 9.62. The van der Waals surface area contributed by atoms with Crippen LogP contribution in [-0.4, -0.2) is 36.4 Å².